The molecule has 0 aromatic carbocycles. The predicted molar refractivity (Wildman–Crippen MR) is 59.6 cm³/mol. The molecular weight excluding hydrogens is 337 g/mol. The van der Waals surface area contributed by atoms with E-state index in [0.29, 0.717) is 12.5 Å². The molecular formula is C11H5F7N4O. The molecule has 12 heteroatoms. The van der Waals surface area contributed by atoms with E-state index in [1.54, 1.807) is 0 Å². The molecule has 23 heavy (non-hydrogen) atoms. The highest BCUT2D eigenvalue weighted by Crippen LogP contribution is 2.39. The van der Waals surface area contributed by atoms with E-state index < -0.39 is 46.8 Å². The molecule has 2 rings (SSSR count). The van der Waals surface area contributed by atoms with Crippen LogP contribution in [0.15, 0.2) is 12.5 Å². The SMILES string of the molecule is COc1nc(-c2cncnc2C(F)(F)F)nc(F)c1C(F)(F)F. The van der Waals surface area contributed by atoms with Gasteiger partial charge in [-0.3, -0.25) is 0 Å². The van der Waals surface area contributed by atoms with Gasteiger partial charge in [-0.2, -0.15) is 40.7 Å². The van der Waals surface area contributed by atoms with Gasteiger partial charge in [-0.25, -0.2) is 9.97 Å². The summed E-state index contributed by atoms with van der Waals surface area (Å²) in [6.07, 6.45) is -8.97. The molecule has 5 nitrogen and oxygen atoms in total. The molecule has 0 saturated heterocycles. The summed E-state index contributed by atoms with van der Waals surface area (Å²) < 4.78 is 94.5. The second-order valence-electron chi connectivity index (χ2n) is 4.00. The number of alkyl halides is 6. The second kappa shape index (κ2) is 5.59. The van der Waals surface area contributed by atoms with E-state index in [9.17, 15) is 30.7 Å². The van der Waals surface area contributed by atoms with Crippen molar-refractivity contribution in [3.05, 3.63) is 29.7 Å². The highest BCUT2D eigenvalue weighted by Gasteiger charge is 2.42. The third-order valence-electron chi connectivity index (χ3n) is 2.53. The molecule has 2 aromatic heterocycles. The van der Waals surface area contributed by atoms with E-state index in [1.807, 2.05) is 0 Å². The van der Waals surface area contributed by atoms with Crippen molar-refractivity contribution in [2.45, 2.75) is 12.4 Å². The zero-order valence-corrected chi connectivity index (χ0v) is 11.0. The molecule has 124 valence electrons. The molecule has 0 amide bonds. The Labute approximate surface area is 123 Å². The Morgan fingerprint density at radius 1 is 1.00 bits per heavy atom. The molecule has 0 aliphatic heterocycles. The summed E-state index contributed by atoms with van der Waals surface area (Å²) in [5.41, 5.74) is -4.33. The minimum absolute atomic E-state index is 0.573. The van der Waals surface area contributed by atoms with Gasteiger partial charge in [0.05, 0.1) is 12.7 Å². The summed E-state index contributed by atoms with van der Waals surface area (Å²) in [6, 6.07) is 0. The van der Waals surface area contributed by atoms with E-state index in [0.717, 1.165) is 7.11 Å². The van der Waals surface area contributed by atoms with Gasteiger partial charge >= 0.3 is 12.4 Å². The average Bonchev–Trinajstić information content (AvgIpc) is 2.44. The minimum Gasteiger partial charge on any atom is -0.480 e. The lowest BCUT2D eigenvalue weighted by atomic mass is 10.2. The monoisotopic (exact) mass is 342 g/mol. The Morgan fingerprint density at radius 3 is 2.17 bits per heavy atom. The molecule has 0 aliphatic rings. The second-order valence-corrected chi connectivity index (χ2v) is 4.00. The van der Waals surface area contributed by atoms with Crippen molar-refractivity contribution in [2.75, 3.05) is 7.11 Å². The van der Waals surface area contributed by atoms with Crippen molar-refractivity contribution in [1.29, 1.82) is 0 Å². The van der Waals surface area contributed by atoms with E-state index in [2.05, 4.69) is 24.7 Å². The van der Waals surface area contributed by atoms with Crippen LogP contribution in [0.5, 0.6) is 5.88 Å². The molecule has 0 unspecified atom stereocenters. The van der Waals surface area contributed by atoms with Crippen LogP contribution in [-0.4, -0.2) is 27.0 Å². The fourth-order valence-electron chi connectivity index (χ4n) is 1.64. The quantitative estimate of drug-likeness (QED) is 0.620. The number of methoxy groups -OCH3 is 1. The molecule has 0 N–H and O–H groups in total. The maximum atomic E-state index is 13.6. The highest BCUT2D eigenvalue weighted by atomic mass is 19.4. The smallest absolute Gasteiger partial charge is 0.434 e. The largest absolute Gasteiger partial charge is 0.480 e. The van der Waals surface area contributed by atoms with Gasteiger partial charge in [-0.15, -0.1) is 0 Å². The molecule has 0 bridgehead atoms. The van der Waals surface area contributed by atoms with E-state index >= 15 is 0 Å². The lowest BCUT2D eigenvalue weighted by Gasteiger charge is -2.14. The summed E-state index contributed by atoms with van der Waals surface area (Å²) in [4.78, 5) is 12.3. The van der Waals surface area contributed by atoms with Gasteiger partial charge in [0, 0.05) is 6.20 Å². The Hall–Kier alpha value is -2.53. The maximum absolute atomic E-state index is 13.6. The van der Waals surface area contributed by atoms with Gasteiger partial charge in [-0.1, -0.05) is 0 Å². The van der Waals surface area contributed by atoms with Crippen molar-refractivity contribution in [3.8, 4) is 17.3 Å². The predicted octanol–water partition coefficient (Wildman–Crippen LogP) is 3.12. The first-order valence-corrected chi connectivity index (χ1v) is 5.62. The molecule has 0 saturated carbocycles. The summed E-state index contributed by atoms with van der Waals surface area (Å²) in [5.74, 6) is -4.31. The van der Waals surface area contributed by atoms with Gasteiger partial charge < -0.3 is 4.74 Å². The summed E-state index contributed by atoms with van der Waals surface area (Å²) in [5, 5.41) is 0. The van der Waals surface area contributed by atoms with Gasteiger partial charge in [0.2, 0.25) is 11.8 Å². The number of rotatable bonds is 2. The van der Waals surface area contributed by atoms with Crippen LogP contribution < -0.4 is 4.74 Å². The third kappa shape index (κ3) is 3.29. The summed E-state index contributed by atoms with van der Waals surface area (Å²) in [7, 11) is 0.757. The van der Waals surface area contributed by atoms with Crippen LogP contribution in [0.25, 0.3) is 11.4 Å². The molecule has 2 heterocycles. The van der Waals surface area contributed by atoms with Crippen LogP contribution in [0, 0.1) is 5.95 Å². The molecule has 0 aliphatic carbocycles. The van der Waals surface area contributed by atoms with E-state index in [4.69, 9.17) is 0 Å². The Kier molecular flexibility index (Phi) is 4.09. The molecule has 0 spiro atoms. The number of nitrogens with zero attached hydrogens (tertiary/aromatic N) is 4. The fourth-order valence-corrected chi connectivity index (χ4v) is 1.64. The van der Waals surface area contributed by atoms with Crippen LogP contribution in [-0.2, 0) is 12.4 Å². The number of halogens is 7. The van der Waals surface area contributed by atoms with Crippen molar-refractivity contribution < 1.29 is 35.5 Å². The zero-order chi connectivity index (χ0) is 17.4. The summed E-state index contributed by atoms with van der Waals surface area (Å²) >= 11 is 0. The third-order valence-corrected chi connectivity index (χ3v) is 2.53. The van der Waals surface area contributed by atoms with Crippen LogP contribution in [0.3, 0.4) is 0 Å². The van der Waals surface area contributed by atoms with E-state index in [1.165, 1.54) is 0 Å². The fraction of sp³-hybridized carbons (Fsp3) is 0.273. The molecule has 0 atom stereocenters. The topological polar surface area (TPSA) is 60.8 Å². The van der Waals surface area contributed by atoms with Crippen molar-refractivity contribution >= 4 is 0 Å². The highest BCUT2D eigenvalue weighted by molar-refractivity contribution is 5.58. The lowest BCUT2D eigenvalue weighted by Crippen LogP contribution is -2.16. The minimum atomic E-state index is -5.19. The number of hydrogen-bond acceptors (Lipinski definition) is 5. The standard InChI is InChI=1S/C11H5F7N4O/c1-23-9-5(10(13,14)15)7(12)21-8(22-9)4-2-19-3-20-6(4)11(16,17)18/h2-3H,1H3. The van der Waals surface area contributed by atoms with Crippen LogP contribution in [0.2, 0.25) is 0 Å². The normalized spacial score (nSPS) is 12.3. The zero-order valence-electron chi connectivity index (χ0n) is 11.0. The number of ether oxygens (including phenoxy) is 1. The molecule has 0 fully saturated rings. The van der Waals surface area contributed by atoms with Crippen LogP contribution in [0.4, 0.5) is 30.7 Å². The van der Waals surface area contributed by atoms with Gasteiger partial charge in [-0.05, 0) is 0 Å². The van der Waals surface area contributed by atoms with Crippen LogP contribution in [0.1, 0.15) is 11.3 Å². The first kappa shape index (κ1) is 16.8. The van der Waals surface area contributed by atoms with E-state index in [-0.39, 0.29) is 0 Å². The lowest BCUT2D eigenvalue weighted by molar-refractivity contribution is -0.142. The average molecular weight is 342 g/mol. The molecule has 2 aromatic rings. The van der Waals surface area contributed by atoms with Gasteiger partial charge in [0.25, 0.3) is 0 Å². The van der Waals surface area contributed by atoms with Crippen molar-refractivity contribution in [3.63, 3.8) is 0 Å². The van der Waals surface area contributed by atoms with Crippen molar-refractivity contribution in [1.82, 2.24) is 19.9 Å². The first-order chi connectivity index (χ1) is 10.6. The van der Waals surface area contributed by atoms with Gasteiger partial charge in [0.1, 0.15) is 6.33 Å². The Balaban J connectivity index is 2.71. The summed E-state index contributed by atoms with van der Waals surface area (Å²) in [6.45, 7) is 0. The first-order valence-electron chi connectivity index (χ1n) is 5.62. The van der Waals surface area contributed by atoms with Gasteiger partial charge in [0.15, 0.2) is 17.1 Å². The number of hydrogen-bond donors (Lipinski definition) is 0. The maximum Gasteiger partial charge on any atom is 0.434 e. The Bertz CT molecular complexity index is 729. The number of aromatic nitrogens is 4. The van der Waals surface area contributed by atoms with Crippen molar-refractivity contribution in [2.24, 2.45) is 0 Å². The van der Waals surface area contributed by atoms with Crippen LogP contribution >= 0.6 is 0 Å². The Morgan fingerprint density at radius 2 is 1.65 bits per heavy atom. The molecule has 0 radical (unpaired) electrons.